The molecular formula is C65H108N10O16S4. The third-order valence-electron chi connectivity index (χ3n) is 18.4. The number of fused-ring (bicyclic) bond motifs is 4. The number of hydrogen-bond acceptors (Lipinski definition) is 26. The van der Waals surface area contributed by atoms with Crippen molar-refractivity contribution in [3.05, 3.63) is 29.8 Å². The first-order valence-corrected chi connectivity index (χ1v) is 37.2. The number of thioether (sulfide) groups is 4. The number of amidine groups is 4. The minimum absolute atomic E-state index is 0.0157. The number of ether oxygens (including phenoxy) is 8. The Kier molecular flexibility index (Phi) is 28.0. The molecule has 8 fully saturated rings. The van der Waals surface area contributed by atoms with Gasteiger partial charge in [0.25, 0.3) is 0 Å². The Hall–Kier alpha value is -3.28. The first-order valence-electron chi connectivity index (χ1n) is 33.7. The lowest BCUT2D eigenvalue weighted by atomic mass is 9.88. The number of nitrogens with one attached hydrogen (secondary N) is 4. The van der Waals surface area contributed by atoms with E-state index in [2.05, 4.69) is 50.1 Å². The molecule has 1 aromatic carbocycles. The Labute approximate surface area is 578 Å². The standard InChI is InChI=1S/C23H34N2O5S.2C14H25N3O3S.C14H24N2O5S/c1-8-17-14(2)19(28-13-15-9-11-16(27-7)12-10-15)18-20(29-17)31-21(24-18)25(6)22(26)30-23(3,4)5;2*1-7(16-8-5-3-4-6-8)12-11(19)10(18)9-13(20-12)21-14(15-2)17-9;1-6-7-9(17)10(18)8-11(20-7)22-12(15-8)16(5)13(19)21-14(2,3)4/h9-12,14,17-20H,8,13H2,1-7H3;2*7-13,16,18-19H,3-6H2,1-2H3,(H,15,17);7-11,17-18H,6H2,1-5H3/t14-,17-,18-,19+,20-;7-,9+,10+,11-,12+,13+;7-,9-,10-,11+,12-,13-;7-,8-,9-,10-,11-/m1011/s1. The largest absolute Gasteiger partial charge is 0.497 e. The van der Waals surface area contributed by atoms with Crippen LogP contribution in [0.4, 0.5) is 9.59 Å². The fourth-order valence-electron chi connectivity index (χ4n) is 13.1. The monoisotopic (exact) mass is 1410 g/mol. The minimum atomic E-state index is -0.999. The molecule has 2 aliphatic carbocycles. The fraction of sp³-hybridized carbons (Fsp3) is 0.815. The van der Waals surface area contributed by atoms with E-state index in [9.17, 15) is 40.2 Å². The van der Waals surface area contributed by atoms with Crippen LogP contribution in [0, 0.1) is 5.92 Å². The zero-order valence-corrected chi connectivity index (χ0v) is 61.3. The average Bonchev–Trinajstić information content (AvgIpc) is 1.71. The molecule has 2 amide bonds. The first kappa shape index (κ1) is 77.5. The van der Waals surface area contributed by atoms with E-state index < -0.39 is 89.8 Å². The van der Waals surface area contributed by atoms with Gasteiger partial charge in [-0.25, -0.2) is 9.59 Å². The van der Waals surface area contributed by atoms with Gasteiger partial charge in [-0.3, -0.25) is 29.8 Å². The topological polar surface area (TPSA) is 333 Å². The minimum Gasteiger partial charge on any atom is -0.497 e. The highest BCUT2D eigenvalue weighted by atomic mass is 32.2. The quantitative estimate of drug-likeness (QED) is 0.115. The van der Waals surface area contributed by atoms with Gasteiger partial charge in [0.15, 0.2) is 20.7 Å². The molecule has 0 bridgehead atoms. The van der Waals surface area contributed by atoms with Crippen molar-refractivity contribution in [3.63, 3.8) is 0 Å². The lowest BCUT2D eigenvalue weighted by Gasteiger charge is -2.42. The summed E-state index contributed by atoms with van der Waals surface area (Å²) in [6.07, 6.45) is 3.68. The maximum absolute atomic E-state index is 12.5. The summed E-state index contributed by atoms with van der Waals surface area (Å²) in [6, 6.07) is 7.57. The molecule has 538 valence electrons. The number of carbonyl (C=O) groups is 2. The van der Waals surface area contributed by atoms with E-state index in [-0.39, 0.29) is 64.6 Å². The second-order valence-electron chi connectivity index (χ2n) is 27.9. The summed E-state index contributed by atoms with van der Waals surface area (Å²) in [5.74, 6) is 1.00. The van der Waals surface area contributed by atoms with Gasteiger partial charge in [0.05, 0.1) is 44.1 Å². The number of aliphatic imine (C=N–C) groups is 4. The van der Waals surface area contributed by atoms with Crippen LogP contribution in [0.1, 0.15) is 146 Å². The van der Waals surface area contributed by atoms with E-state index in [1.807, 2.05) is 65.8 Å². The van der Waals surface area contributed by atoms with Gasteiger partial charge in [0.1, 0.15) is 99.6 Å². The molecule has 30 heteroatoms. The summed E-state index contributed by atoms with van der Waals surface area (Å²) in [5.41, 5.74) is -1.05. The number of methoxy groups -OCH3 is 1. The molecule has 95 heavy (non-hydrogen) atoms. The van der Waals surface area contributed by atoms with Crippen LogP contribution in [0.2, 0.25) is 0 Å². The van der Waals surface area contributed by atoms with Crippen molar-refractivity contribution in [2.24, 2.45) is 25.9 Å². The van der Waals surface area contributed by atoms with E-state index in [1.54, 1.807) is 56.1 Å². The number of hydrogen-bond donors (Lipinski definition) is 10. The van der Waals surface area contributed by atoms with Gasteiger partial charge in [-0.05, 0) is 112 Å². The molecule has 0 unspecified atom stereocenters. The summed E-state index contributed by atoms with van der Waals surface area (Å²) >= 11 is 5.69. The van der Waals surface area contributed by atoms with Crippen molar-refractivity contribution in [2.75, 3.05) is 35.3 Å². The third kappa shape index (κ3) is 19.8. The van der Waals surface area contributed by atoms with Gasteiger partial charge in [0, 0.05) is 58.3 Å². The van der Waals surface area contributed by atoms with Crippen LogP contribution in [0.5, 0.6) is 5.75 Å². The van der Waals surface area contributed by atoms with Crippen molar-refractivity contribution in [3.8, 4) is 5.75 Å². The lowest BCUT2D eigenvalue weighted by molar-refractivity contribution is -0.164. The highest BCUT2D eigenvalue weighted by molar-refractivity contribution is 8.15. The van der Waals surface area contributed by atoms with E-state index in [0.717, 1.165) is 28.1 Å². The van der Waals surface area contributed by atoms with Crippen molar-refractivity contribution >= 4 is 79.9 Å². The molecule has 10 aliphatic rings. The van der Waals surface area contributed by atoms with Gasteiger partial charge in [-0.1, -0.05) is 106 Å². The number of aliphatic hydroxyl groups is 6. The molecule has 2 saturated carbocycles. The number of nitrogens with zero attached hydrogens (tertiary/aromatic N) is 6. The number of aliphatic hydroxyl groups excluding tert-OH is 6. The molecule has 26 nitrogen and oxygen atoms in total. The van der Waals surface area contributed by atoms with Gasteiger partial charge in [0.2, 0.25) is 0 Å². The molecule has 22 atom stereocenters. The highest BCUT2D eigenvalue weighted by Gasteiger charge is 2.54. The Morgan fingerprint density at radius 2 is 1.04 bits per heavy atom. The maximum atomic E-state index is 12.5. The molecule has 0 spiro atoms. The predicted octanol–water partition coefficient (Wildman–Crippen LogP) is 5.96. The molecular weight excluding hydrogens is 1310 g/mol. The second-order valence-corrected chi connectivity index (χ2v) is 32.2. The van der Waals surface area contributed by atoms with Gasteiger partial charge >= 0.3 is 12.2 Å². The Balaban J connectivity index is 0.000000165. The fourth-order valence-corrected chi connectivity index (χ4v) is 17.7. The second kappa shape index (κ2) is 34.4. The SMILES string of the molecule is CC[C@H]1O[C@@H]2SC(N(C)C(=O)OC(C)(C)C)=N[C@@H]2[C@@H](O)[C@@H]1O.CC[C@H]1O[C@@H]2SC(N(C)C(=O)OC(C)(C)C)=N[C@@H]2[C@@H](OCc2ccc(OC)cc2)[C@@H]1C.CN=C1N[C@@H]2[C@@H](O)[C@H](O)[C@@H]([C@@H](C)NC3CCCC3)O[C@@H]2S1.CN=C1N[C@@H]2[C@@H](O)[C@H](O)[C@@H]([C@H](C)NC3CCCC3)O[C@@H]2S1. The number of benzene rings is 1. The summed E-state index contributed by atoms with van der Waals surface area (Å²) in [5, 5.41) is 77.5. The molecule has 6 saturated heterocycles. The predicted molar refractivity (Wildman–Crippen MR) is 373 cm³/mol. The number of carbonyl (C=O) groups excluding carboxylic acids is 2. The van der Waals surface area contributed by atoms with Crippen molar-refractivity contribution in [1.82, 2.24) is 31.1 Å². The van der Waals surface area contributed by atoms with Gasteiger partial charge in [-0.2, -0.15) is 0 Å². The van der Waals surface area contributed by atoms with Crippen LogP contribution in [0.3, 0.4) is 0 Å². The molecule has 1 aromatic rings. The smallest absolute Gasteiger partial charge is 0.416 e. The van der Waals surface area contributed by atoms with E-state index in [1.165, 1.54) is 108 Å². The summed E-state index contributed by atoms with van der Waals surface area (Å²) in [6.45, 7) is 21.6. The third-order valence-corrected chi connectivity index (χ3v) is 23.1. The van der Waals surface area contributed by atoms with Crippen LogP contribution in [-0.2, 0) is 39.8 Å². The first-order chi connectivity index (χ1) is 45.0. The molecule has 0 radical (unpaired) electrons. The highest BCUT2D eigenvalue weighted by Crippen LogP contribution is 2.43. The Morgan fingerprint density at radius 3 is 1.45 bits per heavy atom. The van der Waals surface area contributed by atoms with E-state index in [4.69, 9.17) is 42.9 Å². The summed E-state index contributed by atoms with van der Waals surface area (Å²) in [4.78, 5) is 44.7. The van der Waals surface area contributed by atoms with Crippen molar-refractivity contribution in [2.45, 2.75) is 295 Å². The molecule has 0 aromatic heterocycles. The van der Waals surface area contributed by atoms with E-state index >= 15 is 0 Å². The summed E-state index contributed by atoms with van der Waals surface area (Å²) in [7, 11) is 8.32. The van der Waals surface area contributed by atoms with Crippen molar-refractivity contribution in [1.29, 1.82) is 0 Å². The van der Waals surface area contributed by atoms with Crippen LogP contribution in [0.15, 0.2) is 44.2 Å². The normalized spacial score (nSPS) is 36.6. The van der Waals surface area contributed by atoms with Crippen LogP contribution in [-0.4, -0.2) is 257 Å². The number of rotatable bonds is 12. The zero-order valence-electron chi connectivity index (χ0n) is 58.0. The van der Waals surface area contributed by atoms with Crippen LogP contribution in [0.25, 0.3) is 0 Å². The maximum Gasteiger partial charge on any atom is 0.416 e. The molecule has 8 heterocycles. The van der Waals surface area contributed by atoms with Crippen molar-refractivity contribution < 1.29 is 78.1 Å². The molecule has 10 N–H and O–H groups in total. The Bertz CT molecular complexity index is 2700. The van der Waals surface area contributed by atoms with Crippen LogP contribution >= 0.6 is 47.0 Å². The summed E-state index contributed by atoms with van der Waals surface area (Å²) < 4.78 is 46.6. The van der Waals surface area contributed by atoms with Gasteiger partial charge in [-0.15, -0.1) is 0 Å². The lowest BCUT2D eigenvalue weighted by Crippen LogP contribution is -2.63. The van der Waals surface area contributed by atoms with E-state index in [0.29, 0.717) is 35.4 Å². The Morgan fingerprint density at radius 1 is 0.621 bits per heavy atom. The van der Waals surface area contributed by atoms with Crippen LogP contribution < -0.4 is 26.0 Å². The average molecular weight is 1410 g/mol. The van der Waals surface area contributed by atoms with Gasteiger partial charge < -0.3 is 89.8 Å². The molecule has 11 rings (SSSR count). The zero-order chi connectivity index (χ0) is 69.4. The number of amides is 2. The molecule has 8 aliphatic heterocycles.